The third-order valence-electron chi connectivity index (χ3n) is 2.42. The molecular formula is C13H20N2OS. The Morgan fingerprint density at radius 1 is 1.35 bits per heavy atom. The van der Waals surface area contributed by atoms with Gasteiger partial charge in [0.1, 0.15) is 5.75 Å². The molecule has 1 aromatic rings. The molecule has 0 aromatic heterocycles. The van der Waals surface area contributed by atoms with Crippen LogP contribution in [-0.4, -0.2) is 18.1 Å². The van der Waals surface area contributed by atoms with Crippen molar-refractivity contribution in [2.75, 3.05) is 12.4 Å². The van der Waals surface area contributed by atoms with Gasteiger partial charge in [-0.25, -0.2) is 0 Å². The first-order valence-corrected chi connectivity index (χ1v) is 6.14. The molecule has 0 aliphatic heterocycles. The van der Waals surface area contributed by atoms with Gasteiger partial charge in [-0.15, -0.1) is 0 Å². The van der Waals surface area contributed by atoms with Crippen molar-refractivity contribution in [3.63, 3.8) is 0 Å². The minimum atomic E-state index is -0.0906. The third kappa shape index (κ3) is 4.71. The summed E-state index contributed by atoms with van der Waals surface area (Å²) in [5, 5.41) is 3.15. The molecule has 0 saturated carbocycles. The maximum absolute atomic E-state index is 5.99. The molecule has 3 nitrogen and oxygen atoms in total. The SMILES string of the molecule is COc1ccc(NC(=S)[C@@H](N)CC(C)C)cc1. The first-order chi connectivity index (χ1) is 8.02. The summed E-state index contributed by atoms with van der Waals surface area (Å²) in [5.41, 5.74) is 6.93. The summed E-state index contributed by atoms with van der Waals surface area (Å²) in [4.78, 5) is 0.684. The number of ether oxygens (including phenoxy) is 1. The Labute approximate surface area is 108 Å². The summed E-state index contributed by atoms with van der Waals surface area (Å²) in [7, 11) is 1.64. The fourth-order valence-electron chi connectivity index (χ4n) is 1.52. The van der Waals surface area contributed by atoms with Crippen LogP contribution < -0.4 is 15.8 Å². The van der Waals surface area contributed by atoms with E-state index in [9.17, 15) is 0 Å². The molecule has 1 atom stereocenters. The molecule has 1 aromatic carbocycles. The highest BCUT2D eigenvalue weighted by Crippen LogP contribution is 2.16. The Kier molecular flexibility index (Phi) is 5.38. The van der Waals surface area contributed by atoms with Gasteiger partial charge in [0.2, 0.25) is 0 Å². The molecule has 4 heteroatoms. The van der Waals surface area contributed by atoms with Gasteiger partial charge >= 0.3 is 0 Å². The molecule has 17 heavy (non-hydrogen) atoms. The van der Waals surface area contributed by atoms with Gasteiger partial charge in [0.25, 0.3) is 0 Å². The van der Waals surface area contributed by atoms with Crippen LogP contribution in [0.2, 0.25) is 0 Å². The standard InChI is InChI=1S/C13H20N2OS/c1-9(2)8-12(14)13(17)15-10-4-6-11(16-3)7-5-10/h4-7,9,12H,8,14H2,1-3H3,(H,15,17)/t12-/m0/s1. The highest BCUT2D eigenvalue weighted by Gasteiger charge is 2.11. The molecule has 0 heterocycles. The van der Waals surface area contributed by atoms with Crippen molar-refractivity contribution >= 4 is 22.9 Å². The predicted molar refractivity (Wildman–Crippen MR) is 76.6 cm³/mol. The van der Waals surface area contributed by atoms with Crippen molar-refractivity contribution in [2.24, 2.45) is 11.7 Å². The maximum atomic E-state index is 5.99. The number of thiocarbonyl (C=S) groups is 1. The fraction of sp³-hybridized carbons (Fsp3) is 0.462. The molecule has 0 aliphatic carbocycles. The van der Waals surface area contributed by atoms with Crippen LogP contribution in [0.4, 0.5) is 5.69 Å². The normalized spacial score (nSPS) is 12.3. The number of hydrogen-bond donors (Lipinski definition) is 2. The van der Waals surface area contributed by atoms with E-state index in [4.69, 9.17) is 22.7 Å². The van der Waals surface area contributed by atoms with Gasteiger partial charge in [-0.1, -0.05) is 26.1 Å². The molecular weight excluding hydrogens is 232 g/mol. The molecule has 0 saturated heterocycles. The van der Waals surface area contributed by atoms with Gasteiger partial charge < -0.3 is 15.8 Å². The topological polar surface area (TPSA) is 47.3 Å². The van der Waals surface area contributed by atoms with E-state index >= 15 is 0 Å². The molecule has 0 radical (unpaired) electrons. The van der Waals surface area contributed by atoms with Crippen molar-refractivity contribution in [1.82, 2.24) is 0 Å². The van der Waals surface area contributed by atoms with Gasteiger partial charge in [-0.2, -0.15) is 0 Å². The average molecular weight is 252 g/mol. The van der Waals surface area contributed by atoms with Crippen molar-refractivity contribution in [3.8, 4) is 5.75 Å². The second-order valence-electron chi connectivity index (χ2n) is 4.45. The number of hydrogen-bond acceptors (Lipinski definition) is 3. The van der Waals surface area contributed by atoms with Gasteiger partial charge in [0.05, 0.1) is 18.1 Å². The lowest BCUT2D eigenvalue weighted by molar-refractivity contribution is 0.415. The van der Waals surface area contributed by atoms with Gasteiger partial charge in [0.15, 0.2) is 0 Å². The first kappa shape index (κ1) is 13.9. The van der Waals surface area contributed by atoms with Gasteiger partial charge in [-0.3, -0.25) is 0 Å². The minimum absolute atomic E-state index is 0.0906. The predicted octanol–water partition coefficient (Wildman–Crippen LogP) is 2.81. The Morgan fingerprint density at radius 3 is 2.41 bits per heavy atom. The second kappa shape index (κ2) is 6.57. The number of nitrogens with two attached hydrogens (primary N) is 1. The van der Waals surface area contributed by atoms with Crippen LogP contribution in [0.3, 0.4) is 0 Å². The van der Waals surface area contributed by atoms with Gasteiger partial charge in [0, 0.05) is 5.69 Å². The van der Waals surface area contributed by atoms with Crippen LogP contribution in [0.15, 0.2) is 24.3 Å². The van der Waals surface area contributed by atoms with E-state index in [1.54, 1.807) is 7.11 Å². The summed E-state index contributed by atoms with van der Waals surface area (Å²) >= 11 is 5.27. The minimum Gasteiger partial charge on any atom is -0.497 e. The number of rotatable bonds is 5. The second-order valence-corrected chi connectivity index (χ2v) is 4.89. The molecule has 3 N–H and O–H groups in total. The molecule has 0 spiro atoms. The van der Waals surface area contributed by atoms with Crippen molar-refractivity contribution in [2.45, 2.75) is 26.3 Å². The van der Waals surface area contributed by atoms with E-state index < -0.39 is 0 Å². The first-order valence-electron chi connectivity index (χ1n) is 5.73. The van der Waals surface area contributed by atoms with Crippen LogP contribution in [0.25, 0.3) is 0 Å². The van der Waals surface area contributed by atoms with Crippen molar-refractivity contribution in [1.29, 1.82) is 0 Å². The monoisotopic (exact) mass is 252 g/mol. The van der Waals surface area contributed by atoms with Gasteiger partial charge in [-0.05, 0) is 36.6 Å². The van der Waals surface area contributed by atoms with Crippen molar-refractivity contribution in [3.05, 3.63) is 24.3 Å². The molecule has 0 bridgehead atoms. The Bertz CT molecular complexity index is 362. The van der Waals surface area contributed by atoms with E-state index in [1.165, 1.54) is 0 Å². The summed E-state index contributed by atoms with van der Waals surface area (Å²) in [5.74, 6) is 1.37. The summed E-state index contributed by atoms with van der Waals surface area (Å²) < 4.78 is 5.09. The summed E-state index contributed by atoms with van der Waals surface area (Å²) in [6, 6.07) is 7.53. The largest absolute Gasteiger partial charge is 0.497 e. The molecule has 1 rings (SSSR count). The smallest absolute Gasteiger partial charge is 0.119 e. The lowest BCUT2D eigenvalue weighted by atomic mass is 10.0. The number of benzene rings is 1. The van der Waals surface area contributed by atoms with Crippen LogP contribution >= 0.6 is 12.2 Å². The Balaban J connectivity index is 2.55. The molecule has 94 valence electrons. The van der Waals surface area contributed by atoms with E-state index in [0.717, 1.165) is 17.9 Å². The van der Waals surface area contributed by atoms with E-state index in [2.05, 4.69) is 19.2 Å². The number of anilines is 1. The molecule has 0 unspecified atom stereocenters. The summed E-state index contributed by atoms with van der Waals surface area (Å²) in [6.45, 7) is 4.27. The van der Waals surface area contributed by atoms with Crippen molar-refractivity contribution < 1.29 is 4.74 Å². The zero-order chi connectivity index (χ0) is 12.8. The summed E-state index contributed by atoms with van der Waals surface area (Å²) in [6.07, 6.45) is 0.891. The van der Waals surface area contributed by atoms with Crippen LogP contribution in [0, 0.1) is 5.92 Å². The lowest BCUT2D eigenvalue weighted by Crippen LogP contribution is -2.35. The van der Waals surface area contributed by atoms with E-state index in [0.29, 0.717) is 10.9 Å². The Morgan fingerprint density at radius 2 is 1.94 bits per heavy atom. The number of methoxy groups -OCH3 is 1. The number of nitrogens with one attached hydrogen (secondary N) is 1. The zero-order valence-corrected chi connectivity index (χ0v) is 11.4. The van der Waals surface area contributed by atoms with E-state index in [-0.39, 0.29) is 6.04 Å². The van der Waals surface area contributed by atoms with E-state index in [1.807, 2.05) is 24.3 Å². The fourth-order valence-corrected chi connectivity index (χ4v) is 1.74. The maximum Gasteiger partial charge on any atom is 0.119 e. The van der Waals surface area contributed by atoms with Crippen LogP contribution in [0.5, 0.6) is 5.75 Å². The lowest BCUT2D eigenvalue weighted by Gasteiger charge is -2.17. The van der Waals surface area contributed by atoms with Crippen LogP contribution in [0.1, 0.15) is 20.3 Å². The molecule has 0 aliphatic rings. The zero-order valence-electron chi connectivity index (χ0n) is 10.6. The van der Waals surface area contributed by atoms with Crippen LogP contribution in [-0.2, 0) is 0 Å². The quantitative estimate of drug-likeness (QED) is 0.791. The average Bonchev–Trinajstić information content (AvgIpc) is 2.29. The molecule has 0 amide bonds. The molecule has 0 fully saturated rings. The third-order valence-corrected chi connectivity index (χ3v) is 2.82. The highest BCUT2D eigenvalue weighted by molar-refractivity contribution is 7.80. The Hall–Kier alpha value is -1.13. The highest BCUT2D eigenvalue weighted by atomic mass is 32.1.